The first-order valence-electron chi connectivity index (χ1n) is 6.04. The van der Waals surface area contributed by atoms with Crippen molar-refractivity contribution in [1.82, 2.24) is 5.32 Å². The van der Waals surface area contributed by atoms with Gasteiger partial charge < -0.3 is 10.4 Å². The van der Waals surface area contributed by atoms with Crippen LogP contribution in [0.25, 0.3) is 0 Å². The molecule has 2 N–H and O–H groups in total. The third-order valence-electron chi connectivity index (χ3n) is 4.33. The Balaban J connectivity index is 2.45. The lowest BCUT2D eigenvalue weighted by molar-refractivity contribution is 0.110. The van der Waals surface area contributed by atoms with Crippen molar-refractivity contribution in [2.75, 3.05) is 13.1 Å². The summed E-state index contributed by atoms with van der Waals surface area (Å²) in [6.45, 7) is 12.0. The van der Waals surface area contributed by atoms with Gasteiger partial charge in [0.25, 0.3) is 0 Å². The van der Waals surface area contributed by atoms with E-state index in [2.05, 4.69) is 25.4 Å². The lowest BCUT2D eigenvalue weighted by Crippen LogP contribution is -2.44. The molecule has 3 unspecified atom stereocenters. The smallest absolute Gasteiger partial charge is 0.0801 e. The Morgan fingerprint density at radius 1 is 1.44 bits per heavy atom. The molecule has 0 aromatic rings. The molecule has 1 saturated heterocycles. The van der Waals surface area contributed by atoms with Gasteiger partial charge >= 0.3 is 0 Å². The summed E-state index contributed by atoms with van der Waals surface area (Å²) in [5, 5.41) is 13.5. The number of hydrogen-bond acceptors (Lipinski definition) is 2. The number of hydrogen-bond donors (Lipinski definition) is 2. The van der Waals surface area contributed by atoms with Crippen molar-refractivity contribution in [2.24, 2.45) is 11.3 Å². The maximum Gasteiger partial charge on any atom is 0.0801 e. The first-order valence-corrected chi connectivity index (χ1v) is 6.04. The second-order valence-electron chi connectivity index (χ2n) is 5.01. The van der Waals surface area contributed by atoms with Crippen molar-refractivity contribution in [2.45, 2.75) is 25.9 Å². The lowest BCUT2D eigenvalue weighted by Gasteiger charge is -2.42. The minimum atomic E-state index is -0.356. The van der Waals surface area contributed by atoms with Gasteiger partial charge in [0.15, 0.2) is 0 Å². The number of nitrogens with one attached hydrogen (secondary N) is 1. The van der Waals surface area contributed by atoms with Crippen LogP contribution in [0.5, 0.6) is 0 Å². The molecular weight excluding hydrogens is 198 g/mol. The van der Waals surface area contributed by atoms with Crippen molar-refractivity contribution in [3.8, 4) is 0 Å². The Kier molecular flexibility index (Phi) is 3.04. The molecule has 2 rings (SSSR count). The predicted octanol–water partition coefficient (Wildman–Crippen LogP) is 2.04. The molecule has 2 nitrogen and oxygen atoms in total. The standard InChI is InChI=1S/C14H21NO/c1-4-11-12(5-2)14(8-13(11)16)6-7-15-9-10(14)3/h4-5,10,13,15-16H,1-2,6-9H2,3H3. The molecule has 0 bridgehead atoms. The summed E-state index contributed by atoms with van der Waals surface area (Å²) in [5.41, 5.74) is 2.34. The van der Waals surface area contributed by atoms with Gasteiger partial charge in [0.1, 0.15) is 0 Å². The maximum atomic E-state index is 10.1. The highest BCUT2D eigenvalue weighted by atomic mass is 16.3. The van der Waals surface area contributed by atoms with Crippen LogP contribution in [0.3, 0.4) is 0 Å². The van der Waals surface area contributed by atoms with Crippen LogP contribution in [0, 0.1) is 11.3 Å². The fraction of sp³-hybridized carbons (Fsp3) is 0.571. The molecule has 88 valence electrons. The molecule has 1 spiro atoms. The Morgan fingerprint density at radius 3 is 2.75 bits per heavy atom. The van der Waals surface area contributed by atoms with E-state index in [0.29, 0.717) is 5.92 Å². The van der Waals surface area contributed by atoms with E-state index in [1.54, 1.807) is 6.08 Å². The van der Waals surface area contributed by atoms with Crippen molar-refractivity contribution >= 4 is 0 Å². The van der Waals surface area contributed by atoms with E-state index in [1.807, 2.05) is 6.08 Å². The lowest BCUT2D eigenvalue weighted by atomic mass is 9.67. The molecule has 2 aliphatic rings. The second kappa shape index (κ2) is 4.19. The first-order chi connectivity index (χ1) is 7.65. The minimum absolute atomic E-state index is 0.121. The highest BCUT2D eigenvalue weighted by molar-refractivity contribution is 5.45. The Bertz CT molecular complexity index is 345. The van der Waals surface area contributed by atoms with Crippen molar-refractivity contribution in [1.29, 1.82) is 0 Å². The van der Waals surface area contributed by atoms with Crippen LogP contribution >= 0.6 is 0 Å². The van der Waals surface area contributed by atoms with Gasteiger partial charge in [-0.05, 0) is 43.0 Å². The molecule has 0 aromatic carbocycles. The van der Waals surface area contributed by atoms with Gasteiger partial charge in [0.05, 0.1) is 6.10 Å². The summed E-state index contributed by atoms with van der Waals surface area (Å²) in [6.07, 6.45) is 5.29. The quantitative estimate of drug-likeness (QED) is 0.745. The van der Waals surface area contributed by atoms with Crippen LogP contribution in [0.15, 0.2) is 36.5 Å². The van der Waals surface area contributed by atoms with Crippen LogP contribution in [0.4, 0.5) is 0 Å². The normalized spacial score (nSPS) is 39.1. The predicted molar refractivity (Wildman–Crippen MR) is 67.1 cm³/mol. The SMILES string of the molecule is C=CC1=C(C=C)C2(CCNCC2C)CC1O. The summed E-state index contributed by atoms with van der Waals surface area (Å²) >= 11 is 0. The third-order valence-corrected chi connectivity index (χ3v) is 4.33. The van der Waals surface area contributed by atoms with Gasteiger partial charge in [-0.1, -0.05) is 32.2 Å². The summed E-state index contributed by atoms with van der Waals surface area (Å²) in [5.74, 6) is 0.543. The summed E-state index contributed by atoms with van der Waals surface area (Å²) < 4.78 is 0. The zero-order valence-corrected chi connectivity index (χ0v) is 10.00. The largest absolute Gasteiger partial charge is 0.388 e. The number of aliphatic hydroxyl groups excluding tert-OH is 1. The molecule has 1 fully saturated rings. The van der Waals surface area contributed by atoms with Crippen LogP contribution in [0.1, 0.15) is 19.8 Å². The van der Waals surface area contributed by atoms with Crippen molar-refractivity contribution in [3.05, 3.63) is 36.5 Å². The maximum absolute atomic E-state index is 10.1. The van der Waals surface area contributed by atoms with E-state index in [1.165, 1.54) is 5.57 Å². The first kappa shape index (κ1) is 11.6. The fourth-order valence-electron chi connectivity index (χ4n) is 3.37. The Morgan fingerprint density at radius 2 is 2.19 bits per heavy atom. The zero-order valence-electron chi connectivity index (χ0n) is 10.00. The van der Waals surface area contributed by atoms with E-state index in [9.17, 15) is 5.11 Å². The monoisotopic (exact) mass is 219 g/mol. The van der Waals surface area contributed by atoms with Gasteiger partial charge in [0.2, 0.25) is 0 Å². The zero-order chi connectivity index (χ0) is 11.8. The van der Waals surface area contributed by atoms with Crippen LogP contribution < -0.4 is 5.32 Å². The molecule has 1 aliphatic carbocycles. The Labute approximate surface area is 97.7 Å². The average Bonchev–Trinajstić information content (AvgIpc) is 2.55. The van der Waals surface area contributed by atoms with Crippen molar-refractivity contribution < 1.29 is 5.11 Å². The van der Waals surface area contributed by atoms with Gasteiger partial charge in [-0.25, -0.2) is 0 Å². The molecule has 2 heteroatoms. The second-order valence-corrected chi connectivity index (χ2v) is 5.01. The summed E-state index contributed by atoms with van der Waals surface area (Å²) in [7, 11) is 0. The average molecular weight is 219 g/mol. The topological polar surface area (TPSA) is 32.3 Å². The number of piperidine rings is 1. The molecule has 1 heterocycles. The Hall–Kier alpha value is -0.860. The van der Waals surface area contributed by atoms with E-state index in [-0.39, 0.29) is 11.5 Å². The molecule has 3 atom stereocenters. The third kappa shape index (κ3) is 1.48. The molecule has 0 radical (unpaired) electrons. The number of aliphatic hydroxyl groups is 1. The number of rotatable bonds is 2. The molecule has 1 aliphatic heterocycles. The van der Waals surface area contributed by atoms with Crippen molar-refractivity contribution in [3.63, 3.8) is 0 Å². The fourth-order valence-corrected chi connectivity index (χ4v) is 3.37. The van der Waals surface area contributed by atoms with Gasteiger partial charge in [0, 0.05) is 5.41 Å². The van der Waals surface area contributed by atoms with Crippen LogP contribution in [-0.4, -0.2) is 24.3 Å². The summed E-state index contributed by atoms with van der Waals surface area (Å²) in [6, 6.07) is 0. The molecule has 0 saturated carbocycles. The van der Waals surface area contributed by atoms with E-state index in [0.717, 1.165) is 31.5 Å². The highest BCUT2D eigenvalue weighted by Gasteiger charge is 2.47. The van der Waals surface area contributed by atoms with E-state index in [4.69, 9.17) is 0 Å². The van der Waals surface area contributed by atoms with E-state index >= 15 is 0 Å². The number of allylic oxidation sites excluding steroid dienone is 2. The van der Waals surface area contributed by atoms with E-state index < -0.39 is 0 Å². The molecule has 16 heavy (non-hydrogen) atoms. The molecule has 0 amide bonds. The van der Waals surface area contributed by atoms with Gasteiger partial charge in [-0.2, -0.15) is 0 Å². The van der Waals surface area contributed by atoms with Crippen LogP contribution in [0.2, 0.25) is 0 Å². The van der Waals surface area contributed by atoms with Gasteiger partial charge in [-0.15, -0.1) is 0 Å². The molecule has 0 aromatic heterocycles. The summed E-state index contributed by atoms with van der Waals surface area (Å²) in [4.78, 5) is 0. The highest BCUT2D eigenvalue weighted by Crippen LogP contribution is 2.52. The van der Waals surface area contributed by atoms with Gasteiger partial charge in [-0.3, -0.25) is 0 Å². The van der Waals surface area contributed by atoms with Crippen LogP contribution in [-0.2, 0) is 0 Å². The minimum Gasteiger partial charge on any atom is -0.388 e. The molecular formula is C14H21NO.